The second-order valence-electron chi connectivity index (χ2n) is 4.16. The summed E-state index contributed by atoms with van der Waals surface area (Å²) in [6, 6.07) is 0.225. The molecule has 0 radical (unpaired) electrons. The Labute approximate surface area is 113 Å². The van der Waals surface area contributed by atoms with Gasteiger partial charge in [-0.05, 0) is 39.4 Å². The van der Waals surface area contributed by atoms with Gasteiger partial charge in [0.25, 0.3) is 0 Å². The van der Waals surface area contributed by atoms with E-state index in [1.807, 2.05) is 13.8 Å². The van der Waals surface area contributed by atoms with Crippen molar-refractivity contribution in [1.29, 1.82) is 0 Å². The molecule has 0 aliphatic carbocycles. The summed E-state index contributed by atoms with van der Waals surface area (Å²) in [5.41, 5.74) is 1.10. The molecule has 5 heteroatoms. The molecular formula is C12H21N3S2. The van der Waals surface area contributed by atoms with E-state index in [2.05, 4.69) is 29.5 Å². The van der Waals surface area contributed by atoms with Crippen molar-refractivity contribution >= 4 is 28.7 Å². The molecule has 0 aromatic carbocycles. The van der Waals surface area contributed by atoms with Crippen LogP contribution in [0.1, 0.15) is 48.3 Å². The van der Waals surface area contributed by atoms with Gasteiger partial charge in [0.05, 0.1) is 16.7 Å². The van der Waals surface area contributed by atoms with Crippen LogP contribution in [-0.2, 0) is 0 Å². The molecule has 1 aromatic rings. The molecule has 0 saturated heterocycles. The fraction of sp³-hybridized carbons (Fsp3) is 0.667. The van der Waals surface area contributed by atoms with E-state index in [-0.39, 0.29) is 6.04 Å². The minimum Gasteiger partial charge on any atom is -0.363 e. The Bertz CT molecular complexity index is 374. The lowest BCUT2D eigenvalue weighted by molar-refractivity contribution is 0.687. The van der Waals surface area contributed by atoms with Crippen molar-refractivity contribution in [3.63, 3.8) is 0 Å². The number of thiazole rings is 1. The van der Waals surface area contributed by atoms with Gasteiger partial charge in [0, 0.05) is 11.4 Å². The molecule has 2 N–H and O–H groups in total. The Kier molecular flexibility index (Phi) is 5.85. The van der Waals surface area contributed by atoms with Gasteiger partial charge in [0.15, 0.2) is 5.11 Å². The molecule has 0 spiro atoms. The van der Waals surface area contributed by atoms with Crippen molar-refractivity contribution < 1.29 is 0 Å². The highest BCUT2D eigenvalue weighted by molar-refractivity contribution is 7.80. The third-order valence-corrected chi connectivity index (χ3v) is 4.01. The van der Waals surface area contributed by atoms with Gasteiger partial charge in [-0.2, -0.15) is 0 Å². The maximum atomic E-state index is 5.26. The highest BCUT2D eigenvalue weighted by atomic mass is 32.1. The summed E-state index contributed by atoms with van der Waals surface area (Å²) >= 11 is 6.99. The molecule has 1 atom stereocenters. The van der Waals surface area contributed by atoms with Crippen molar-refractivity contribution in [2.75, 3.05) is 6.54 Å². The summed E-state index contributed by atoms with van der Waals surface area (Å²) < 4.78 is 0. The number of aromatic nitrogens is 1. The second kappa shape index (κ2) is 6.91. The van der Waals surface area contributed by atoms with Gasteiger partial charge in [-0.25, -0.2) is 4.98 Å². The first-order valence-electron chi connectivity index (χ1n) is 6.02. The third-order valence-electron chi connectivity index (χ3n) is 2.50. The summed E-state index contributed by atoms with van der Waals surface area (Å²) in [5, 5.41) is 8.36. The Morgan fingerprint density at radius 3 is 2.71 bits per heavy atom. The molecule has 1 rings (SSSR count). The van der Waals surface area contributed by atoms with Crippen LogP contribution < -0.4 is 10.6 Å². The number of aryl methyl sites for hydroxylation is 2. The standard InChI is InChI=1S/C12H21N3S2/c1-5-6-7-13-12(16)15-9(3)11-8(2)14-10(4)17-11/h9H,5-7H2,1-4H3,(H2,13,15,16). The van der Waals surface area contributed by atoms with Crippen LogP contribution in [0, 0.1) is 13.8 Å². The van der Waals surface area contributed by atoms with Crippen LogP contribution in [-0.4, -0.2) is 16.6 Å². The number of nitrogens with one attached hydrogen (secondary N) is 2. The van der Waals surface area contributed by atoms with Crippen molar-refractivity contribution in [1.82, 2.24) is 15.6 Å². The molecule has 0 aliphatic heterocycles. The van der Waals surface area contributed by atoms with Gasteiger partial charge in [-0.15, -0.1) is 11.3 Å². The molecule has 0 bridgehead atoms. The van der Waals surface area contributed by atoms with Gasteiger partial charge in [0.2, 0.25) is 0 Å². The average molecular weight is 271 g/mol. The molecule has 0 saturated carbocycles. The summed E-state index contributed by atoms with van der Waals surface area (Å²) in [4.78, 5) is 5.70. The zero-order chi connectivity index (χ0) is 12.8. The first kappa shape index (κ1) is 14.4. The summed E-state index contributed by atoms with van der Waals surface area (Å²) in [7, 11) is 0. The molecule has 3 nitrogen and oxygen atoms in total. The summed E-state index contributed by atoms with van der Waals surface area (Å²) in [5.74, 6) is 0. The van der Waals surface area contributed by atoms with Crippen molar-refractivity contribution in [2.24, 2.45) is 0 Å². The number of unbranched alkanes of at least 4 members (excludes halogenated alkanes) is 1. The minimum absolute atomic E-state index is 0.225. The topological polar surface area (TPSA) is 37.0 Å². The maximum Gasteiger partial charge on any atom is 0.166 e. The van der Waals surface area contributed by atoms with Crippen LogP contribution in [0.4, 0.5) is 0 Å². The predicted molar refractivity (Wildman–Crippen MR) is 78.6 cm³/mol. The Morgan fingerprint density at radius 1 is 1.47 bits per heavy atom. The lowest BCUT2D eigenvalue weighted by Gasteiger charge is -2.16. The molecule has 1 unspecified atom stereocenters. The van der Waals surface area contributed by atoms with Gasteiger partial charge < -0.3 is 10.6 Å². The smallest absolute Gasteiger partial charge is 0.166 e. The molecule has 1 heterocycles. The highest BCUT2D eigenvalue weighted by Crippen LogP contribution is 2.24. The van der Waals surface area contributed by atoms with Crippen LogP contribution in [0.3, 0.4) is 0 Å². The summed E-state index contributed by atoms with van der Waals surface area (Å²) in [6.45, 7) is 9.31. The van der Waals surface area contributed by atoms with Crippen LogP contribution in [0.25, 0.3) is 0 Å². The number of hydrogen-bond donors (Lipinski definition) is 2. The van der Waals surface area contributed by atoms with Crippen LogP contribution in [0.15, 0.2) is 0 Å². The van der Waals surface area contributed by atoms with Gasteiger partial charge >= 0.3 is 0 Å². The number of nitrogens with zero attached hydrogens (tertiary/aromatic N) is 1. The normalized spacial score (nSPS) is 12.2. The Balaban J connectivity index is 2.46. The lowest BCUT2D eigenvalue weighted by atomic mass is 10.2. The number of thiocarbonyl (C=S) groups is 1. The molecule has 1 aromatic heterocycles. The third kappa shape index (κ3) is 4.60. The van der Waals surface area contributed by atoms with E-state index >= 15 is 0 Å². The fourth-order valence-corrected chi connectivity index (χ4v) is 2.85. The van der Waals surface area contributed by atoms with Crippen LogP contribution in [0.5, 0.6) is 0 Å². The monoisotopic (exact) mass is 271 g/mol. The van der Waals surface area contributed by atoms with Crippen molar-refractivity contribution in [3.8, 4) is 0 Å². The Morgan fingerprint density at radius 2 is 2.18 bits per heavy atom. The van der Waals surface area contributed by atoms with E-state index in [1.165, 1.54) is 11.3 Å². The molecule has 0 fully saturated rings. The van der Waals surface area contributed by atoms with E-state index in [0.29, 0.717) is 0 Å². The van der Waals surface area contributed by atoms with Gasteiger partial charge in [-0.1, -0.05) is 13.3 Å². The largest absolute Gasteiger partial charge is 0.363 e. The quantitative estimate of drug-likeness (QED) is 0.637. The van der Waals surface area contributed by atoms with E-state index in [0.717, 1.165) is 28.8 Å². The molecule has 0 aliphatic rings. The molecule has 17 heavy (non-hydrogen) atoms. The lowest BCUT2D eigenvalue weighted by Crippen LogP contribution is -2.37. The summed E-state index contributed by atoms with van der Waals surface area (Å²) in [6.07, 6.45) is 2.33. The van der Waals surface area contributed by atoms with Gasteiger partial charge in [0.1, 0.15) is 0 Å². The number of rotatable bonds is 5. The predicted octanol–water partition coefficient (Wildman–Crippen LogP) is 3.09. The van der Waals surface area contributed by atoms with E-state index < -0.39 is 0 Å². The van der Waals surface area contributed by atoms with Crippen LogP contribution >= 0.6 is 23.6 Å². The van der Waals surface area contributed by atoms with E-state index in [4.69, 9.17) is 12.2 Å². The second-order valence-corrected chi connectivity index (χ2v) is 5.80. The molecular weight excluding hydrogens is 250 g/mol. The molecule has 0 amide bonds. The zero-order valence-corrected chi connectivity index (χ0v) is 12.6. The van der Waals surface area contributed by atoms with E-state index in [9.17, 15) is 0 Å². The highest BCUT2D eigenvalue weighted by Gasteiger charge is 2.13. The van der Waals surface area contributed by atoms with Crippen molar-refractivity contribution in [3.05, 3.63) is 15.6 Å². The minimum atomic E-state index is 0.225. The fourth-order valence-electron chi connectivity index (χ4n) is 1.64. The average Bonchev–Trinajstić information content (AvgIpc) is 2.58. The van der Waals surface area contributed by atoms with E-state index in [1.54, 1.807) is 11.3 Å². The Hall–Kier alpha value is -0.680. The van der Waals surface area contributed by atoms with Crippen molar-refractivity contribution in [2.45, 2.75) is 46.6 Å². The maximum absolute atomic E-state index is 5.26. The number of hydrogen-bond acceptors (Lipinski definition) is 3. The first-order chi connectivity index (χ1) is 8.04. The molecule has 96 valence electrons. The first-order valence-corrected chi connectivity index (χ1v) is 7.25. The zero-order valence-electron chi connectivity index (χ0n) is 11.0. The SMILES string of the molecule is CCCCNC(=S)NC(C)c1sc(C)nc1C. The van der Waals surface area contributed by atoms with Crippen LogP contribution in [0.2, 0.25) is 0 Å². The van der Waals surface area contributed by atoms with Gasteiger partial charge in [-0.3, -0.25) is 0 Å².